The number of hydrogen-bond donors (Lipinski definition) is 2. The van der Waals surface area contributed by atoms with Crippen molar-refractivity contribution in [3.8, 4) is 0 Å². The molecule has 0 aliphatic rings. The molecule has 0 spiro atoms. The highest BCUT2D eigenvalue weighted by Gasteiger charge is 2.35. The lowest BCUT2D eigenvalue weighted by molar-refractivity contribution is 0.0256. The Bertz CT molecular complexity index is 389. The van der Waals surface area contributed by atoms with Gasteiger partial charge in [-0.05, 0) is 24.0 Å². The Morgan fingerprint density at radius 2 is 2.06 bits per heavy atom. The molecule has 0 amide bonds. The summed E-state index contributed by atoms with van der Waals surface area (Å²) in [4.78, 5) is 0. The van der Waals surface area contributed by atoms with Gasteiger partial charge in [-0.15, -0.1) is 0 Å². The van der Waals surface area contributed by atoms with Crippen LogP contribution in [0.25, 0.3) is 0 Å². The Morgan fingerprint density at radius 1 is 1.44 bits per heavy atom. The third-order valence-electron chi connectivity index (χ3n) is 3.72. The number of halogens is 2. The molecule has 1 aromatic carbocycles. The topological polar surface area (TPSA) is 46.2 Å². The number of aliphatic hydroxyl groups excluding tert-OH is 1. The fourth-order valence-corrected chi connectivity index (χ4v) is 2.33. The fourth-order valence-electron chi connectivity index (χ4n) is 2.02. The standard InChI is InChI=1S/C14H21ClFNO/c1-4-14(2,3)13(18)9(8-17)12-10(15)6-5-7-11(12)16/h5-7,9,13,18H,4,8,17H2,1-3H3. The maximum Gasteiger partial charge on any atom is 0.128 e. The van der Waals surface area contributed by atoms with Gasteiger partial charge in [0.1, 0.15) is 5.82 Å². The van der Waals surface area contributed by atoms with Crippen molar-refractivity contribution < 1.29 is 9.50 Å². The van der Waals surface area contributed by atoms with E-state index >= 15 is 0 Å². The molecule has 1 rings (SSSR count). The number of hydrogen-bond acceptors (Lipinski definition) is 2. The van der Waals surface area contributed by atoms with E-state index in [0.29, 0.717) is 10.6 Å². The number of nitrogens with two attached hydrogens (primary N) is 1. The molecule has 0 saturated carbocycles. The summed E-state index contributed by atoms with van der Waals surface area (Å²) in [5.41, 5.74) is 5.69. The molecule has 0 aliphatic carbocycles. The van der Waals surface area contributed by atoms with Gasteiger partial charge in [0.2, 0.25) is 0 Å². The molecule has 0 radical (unpaired) electrons. The molecule has 4 heteroatoms. The zero-order valence-corrected chi connectivity index (χ0v) is 11.8. The summed E-state index contributed by atoms with van der Waals surface area (Å²) in [6, 6.07) is 4.51. The van der Waals surface area contributed by atoms with E-state index in [9.17, 15) is 9.50 Å². The second kappa shape index (κ2) is 6.00. The van der Waals surface area contributed by atoms with E-state index in [1.54, 1.807) is 12.1 Å². The fraction of sp³-hybridized carbons (Fsp3) is 0.571. The van der Waals surface area contributed by atoms with E-state index in [1.165, 1.54) is 6.07 Å². The summed E-state index contributed by atoms with van der Waals surface area (Å²) < 4.78 is 13.9. The van der Waals surface area contributed by atoms with E-state index in [2.05, 4.69) is 0 Å². The Balaban J connectivity index is 3.18. The second-order valence-corrected chi connectivity index (χ2v) is 5.67. The lowest BCUT2D eigenvalue weighted by Gasteiger charge is -2.35. The maximum atomic E-state index is 13.9. The first kappa shape index (κ1) is 15.4. The Hall–Kier alpha value is -0.640. The lowest BCUT2D eigenvalue weighted by atomic mass is 9.75. The average Bonchev–Trinajstić information content (AvgIpc) is 2.33. The van der Waals surface area contributed by atoms with Gasteiger partial charge in [-0.2, -0.15) is 0 Å². The first-order valence-electron chi connectivity index (χ1n) is 6.17. The molecule has 0 saturated heterocycles. The van der Waals surface area contributed by atoms with Crippen molar-refractivity contribution in [3.05, 3.63) is 34.6 Å². The van der Waals surface area contributed by atoms with Crippen LogP contribution in [-0.4, -0.2) is 17.8 Å². The van der Waals surface area contributed by atoms with Gasteiger partial charge < -0.3 is 10.8 Å². The zero-order chi connectivity index (χ0) is 13.9. The molecule has 0 aliphatic heterocycles. The molecule has 0 heterocycles. The third-order valence-corrected chi connectivity index (χ3v) is 4.05. The van der Waals surface area contributed by atoms with Crippen LogP contribution in [-0.2, 0) is 0 Å². The van der Waals surface area contributed by atoms with Gasteiger partial charge in [0.15, 0.2) is 0 Å². The molecule has 102 valence electrons. The predicted molar refractivity (Wildman–Crippen MR) is 73.3 cm³/mol. The Kier molecular flexibility index (Phi) is 5.14. The van der Waals surface area contributed by atoms with E-state index < -0.39 is 17.8 Å². The molecule has 2 atom stereocenters. The summed E-state index contributed by atoms with van der Waals surface area (Å²) in [6.07, 6.45) is 0.0402. The van der Waals surface area contributed by atoms with Gasteiger partial charge in [-0.3, -0.25) is 0 Å². The second-order valence-electron chi connectivity index (χ2n) is 5.26. The number of aliphatic hydroxyl groups is 1. The highest BCUT2D eigenvalue weighted by atomic mass is 35.5. The average molecular weight is 274 g/mol. The van der Waals surface area contributed by atoms with Gasteiger partial charge in [-0.1, -0.05) is 38.4 Å². The molecular weight excluding hydrogens is 253 g/mol. The largest absolute Gasteiger partial charge is 0.392 e. The van der Waals surface area contributed by atoms with Crippen LogP contribution < -0.4 is 5.73 Å². The summed E-state index contributed by atoms with van der Waals surface area (Å²) in [5.74, 6) is -0.905. The third kappa shape index (κ3) is 3.02. The van der Waals surface area contributed by atoms with Crippen LogP contribution in [0, 0.1) is 11.2 Å². The van der Waals surface area contributed by atoms with E-state index in [-0.39, 0.29) is 12.0 Å². The minimum Gasteiger partial charge on any atom is -0.392 e. The van der Waals surface area contributed by atoms with E-state index in [0.717, 1.165) is 6.42 Å². The van der Waals surface area contributed by atoms with Crippen LogP contribution >= 0.6 is 11.6 Å². The first-order valence-corrected chi connectivity index (χ1v) is 6.55. The Labute approximate surface area is 113 Å². The minimum atomic E-state index is -0.734. The van der Waals surface area contributed by atoms with Crippen molar-refractivity contribution in [2.45, 2.75) is 39.2 Å². The molecular formula is C14H21ClFNO. The molecule has 0 fully saturated rings. The van der Waals surface area contributed by atoms with Gasteiger partial charge in [0.05, 0.1) is 6.10 Å². The van der Waals surface area contributed by atoms with Crippen LogP contribution in [0.4, 0.5) is 4.39 Å². The van der Waals surface area contributed by atoms with Gasteiger partial charge in [-0.25, -0.2) is 4.39 Å². The quantitative estimate of drug-likeness (QED) is 0.864. The van der Waals surface area contributed by atoms with Crippen LogP contribution in [0.2, 0.25) is 5.02 Å². The monoisotopic (exact) mass is 273 g/mol. The van der Waals surface area contributed by atoms with Gasteiger partial charge in [0, 0.05) is 23.0 Å². The molecule has 1 aromatic rings. The predicted octanol–water partition coefficient (Wildman–Crippen LogP) is 3.32. The van der Waals surface area contributed by atoms with E-state index in [1.807, 2.05) is 20.8 Å². The van der Waals surface area contributed by atoms with Crippen molar-refractivity contribution in [2.75, 3.05) is 6.54 Å². The molecule has 0 bridgehead atoms. The summed E-state index contributed by atoms with van der Waals surface area (Å²) >= 11 is 6.03. The molecule has 18 heavy (non-hydrogen) atoms. The normalized spacial score (nSPS) is 15.5. The van der Waals surface area contributed by atoms with Crippen LogP contribution in [0.5, 0.6) is 0 Å². The SMILES string of the molecule is CCC(C)(C)C(O)C(CN)c1c(F)cccc1Cl. The number of rotatable bonds is 5. The van der Waals surface area contributed by atoms with Crippen LogP contribution in [0.3, 0.4) is 0 Å². The molecule has 2 unspecified atom stereocenters. The summed E-state index contributed by atoms with van der Waals surface area (Å²) in [6.45, 7) is 6.02. The molecule has 3 N–H and O–H groups in total. The van der Waals surface area contributed by atoms with Gasteiger partial charge in [0.25, 0.3) is 0 Å². The minimum absolute atomic E-state index is 0.158. The molecule has 0 aromatic heterocycles. The van der Waals surface area contributed by atoms with E-state index in [4.69, 9.17) is 17.3 Å². The van der Waals surface area contributed by atoms with Crippen LogP contribution in [0.15, 0.2) is 18.2 Å². The van der Waals surface area contributed by atoms with Crippen molar-refractivity contribution in [3.63, 3.8) is 0 Å². The number of benzene rings is 1. The van der Waals surface area contributed by atoms with Crippen molar-refractivity contribution in [1.29, 1.82) is 0 Å². The first-order chi connectivity index (χ1) is 8.35. The van der Waals surface area contributed by atoms with Crippen molar-refractivity contribution >= 4 is 11.6 Å². The highest BCUT2D eigenvalue weighted by molar-refractivity contribution is 6.31. The van der Waals surface area contributed by atoms with Crippen LogP contribution in [0.1, 0.15) is 38.7 Å². The van der Waals surface area contributed by atoms with Crippen molar-refractivity contribution in [1.82, 2.24) is 0 Å². The smallest absolute Gasteiger partial charge is 0.128 e. The molecule has 2 nitrogen and oxygen atoms in total. The Morgan fingerprint density at radius 3 is 2.50 bits per heavy atom. The maximum absolute atomic E-state index is 13.9. The summed E-state index contributed by atoms with van der Waals surface area (Å²) in [7, 11) is 0. The van der Waals surface area contributed by atoms with Gasteiger partial charge >= 0.3 is 0 Å². The van der Waals surface area contributed by atoms with Crippen molar-refractivity contribution in [2.24, 2.45) is 11.1 Å². The lowest BCUT2D eigenvalue weighted by Crippen LogP contribution is -2.38. The zero-order valence-electron chi connectivity index (χ0n) is 11.1. The summed E-state index contributed by atoms with van der Waals surface area (Å²) in [5, 5.41) is 10.7. The highest BCUT2D eigenvalue weighted by Crippen LogP contribution is 2.37.